The number of ether oxygens (including phenoxy) is 1. The van der Waals surface area contributed by atoms with E-state index in [-0.39, 0.29) is 0 Å². The Morgan fingerprint density at radius 3 is 2.15 bits per heavy atom. The average molecular weight is 306 g/mol. The van der Waals surface area contributed by atoms with Gasteiger partial charge < -0.3 is 4.74 Å². The Kier molecular flexibility index (Phi) is 2.94. The van der Waals surface area contributed by atoms with E-state index in [1.54, 1.807) is 0 Å². The Hall–Kier alpha value is -0.0200. The van der Waals surface area contributed by atoms with Crippen LogP contribution in [-0.4, -0.2) is 6.10 Å². The van der Waals surface area contributed by atoms with Crippen LogP contribution >= 0.6 is 31.9 Å². The molecule has 0 heterocycles. The van der Waals surface area contributed by atoms with Crippen molar-refractivity contribution in [3.05, 3.63) is 27.1 Å². The minimum atomic E-state index is 0.446. The standard InChI is InChI=1S/C10H10Br2O/c11-7-4-8(12)6-10(5-7)13-9-2-1-3-9/h4-6,9H,1-3H2. The molecule has 0 aliphatic heterocycles. The van der Waals surface area contributed by atoms with E-state index < -0.39 is 0 Å². The van der Waals surface area contributed by atoms with Gasteiger partial charge in [-0.05, 0) is 37.5 Å². The van der Waals surface area contributed by atoms with E-state index in [2.05, 4.69) is 31.9 Å². The first kappa shape index (κ1) is 9.53. The maximum absolute atomic E-state index is 5.75. The molecule has 1 aliphatic rings. The summed E-state index contributed by atoms with van der Waals surface area (Å²) in [6.45, 7) is 0. The molecule has 0 atom stereocenters. The number of halogens is 2. The third kappa shape index (κ3) is 2.47. The van der Waals surface area contributed by atoms with E-state index in [0.29, 0.717) is 6.10 Å². The summed E-state index contributed by atoms with van der Waals surface area (Å²) in [6, 6.07) is 6.01. The molecule has 0 N–H and O–H groups in total. The molecule has 0 amide bonds. The van der Waals surface area contributed by atoms with E-state index in [1.165, 1.54) is 19.3 Å². The molecule has 0 bridgehead atoms. The average Bonchev–Trinajstić information content (AvgIpc) is 1.95. The lowest BCUT2D eigenvalue weighted by Gasteiger charge is -2.26. The van der Waals surface area contributed by atoms with Crippen molar-refractivity contribution in [2.24, 2.45) is 0 Å². The molecule has 70 valence electrons. The minimum Gasteiger partial charge on any atom is -0.490 e. The summed E-state index contributed by atoms with van der Waals surface area (Å²) in [5.41, 5.74) is 0. The number of rotatable bonds is 2. The second-order valence-electron chi connectivity index (χ2n) is 3.28. The first-order valence-corrected chi connectivity index (χ1v) is 5.95. The molecular weight excluding hydrogens is 296 g/mol. The fraction of sp³-hybridized carbons (Fsp3) is 0.400. The zero-order chi connectivity index (χ0) is 9.26. The molecule has 3 heteroatoms. The molecule has 0 saturated heterocycles. The van der Waals surface area contributed by atoms with E-state index in [4.69, 9.17) is 4.74 Å². The van der Waals surface area contributed by atoms with E-state index >= 15 is 0 Å². The molecule has 1 nitrogen and oxygen atoms in total. The largest absolute Gasteiger partial charge is 0.490 e. The fourth-order valence-electron chi connectivity index (χ4n) is 1.28. The van der Waals surface area contributed by atoms with Crippen molar-refractivity contribution in [3.63, 3.8) is 0 Å². The number of hydrogen-bond acceptors (Lipinski definition) is 1. The van der Waals surface area contributed by atoms with E-state index in [9.17, 15) is 0 Å². The van der Waals surface area contributed by atoms with Gasteiger partial charge in [-0.15, -0.1) is 0 Å². The Morgan fingerprint density at radius 1 is 1.08 bits per heavy atom. The molecule has 0 unspecified atom stereocenters. The molecular formula is C10H10Br2O. The monoisotopic (exact) mass is 304 g/mol. The van der Waals surface area contributed by atoms with Gasteiger partial charge in [-0.3, -0.25) is 0 Å². The lowest BCUT2D eigenvalue weighted by atomic mass is 9.96. The van der Waals surface area contributed by atoms with E-state index in [1.807, 2.05) is 18.2 Å². The summed E-state index contributed by atoms with van der Waals surface area (Å²) in [5.74, 6) is 0.950. The van der Waals surface area contributed by atoms with Crippen LogP contribution in [0.5, 0.6) is 5.75 Å². The maximum Gasteiger partial charge on any atom is 0.121 e. The van der Waals surface area contributed by atoms with Crippen LogP contribution in [0.2, 0.25) is 0 Å². The highest BCUT2D eigenvalue weighted by molar-refractivity contribution is 9.11. The van der Waals surface area contributed by atoms with Crippen molar-refractivity contribution in [1.82, 2.24) is 0 Å². The molecule has 1 aliphatic carbocycles. The Labute approximate surface area is 94.7 Å². The van der Waals surface area contributed by atoms with Gasteiger partial charge in [0, 0.05) is 8.95 Å². The zero-order valence-corrected chi connectivity index (χ0v) is 10.3. The van der Waals surface area contributed by atoms with Crippen LogP contribution < -0.4 is 4.74 Å². The van der Waals surface area contributed by atoms with Crippen molar-refractivity contribution < 1.29 is 4.74 Å². The van der Waals surface area contributed by atoms with Gasteiger partial charge in [0.1, 0.15) is 5.75 Å². The van der Waals surface area contributed by atoms with Crippen LogP contribution in [0.3, 0.4) is 0 Å². The van der Waals surface area contributed by atoms with Crippen LogP contribution in [-0.2, 0) is 0 Å². The van der Waals surface area contributed by atoms with Crippen LogP contribution in [0.25, 0.3) is 0 Å². The Morgan fingerprint density at radius 2 is 1.69 bits per heavy atom. The highest BCUT2D eigenvalue weighted by Gasteiger charge is 2.19. The van der Waals surface area contributed by atoms with E-state index in [0.717, 1.165) is 14.7 Å². The van der Waals surface area contributed by atoms with Gasteiger partial charge in [-0.1, -0.05) is 31.9 Å². The first-order chi connectivity index (χ1) is 6.24. The molecule has 2 rings (SSSR count). The van der Waals surface area contributed by atoms with Gasteiger partial charge in [-0.25, -0.2) is 0 Å². The maximum atomic E-state index is 5.75. The summed E-state index contributed by atoms with van der Waals surface area (Å²) in [7, 11) is 0. The van der Waals surface area contributed by atoms with Crippen LogP contribution in [0.4, 0.5) is 0 Å². The predicted octanol–water partition coefficient (Wildman–Crippen LogP) is 4.14. The molecule has 13 heavy (non-hydrogen) atoms. The molecule has 0 radical (unpaired) electrons. The highest BCUT2D eigenvalue weighted by Crippen LogP contribution is 2.29. The van der Waals surface area contributed by atoms with Crippen LogP contribution in [0.15, 0.2) is 27.1 Å². The quantitative estimate of drug-likeness (QED) is 0.798. The summed E-state index contributed by atoms with van der Waals surface area (Å²) in [5, 5.41) is 0. The van der Waals surface area contributed by atoms with Crippen LogP contribution in [0, 0.1) is 0 Å². The molecule has 0 aromatic heterocycles. The first-order valence-electron chi connectivity index (χ1n) is 4.37. The third-order valence-corrected chi connectivity index (χ3v) is 3.11. The lowest BCUT2D eigenvalue weighted by Crippen LogP contribution is -2.24. The molecule has 1 aromatic carbocycles. The minimum absolute atomic E-state index is 0.446. The second-order valence-corrected chi connectivity index (χ2v) is 5.11. The molecule has 1 saturated carbocycles. The van der Waals surface area contributed by atoms with Gasteiger partial charge in [0.25, 0.3) is 0 Å². The summed E-state index contributed by atoms with van der Waals surface area (Å²) in [6.07, 6.45) is 4.15. The lowest BCUT2D eigenvalue weighted by molar-refractivity contribution is 0.120. The molecule has 1 fully saturated rings. The predicted molar refractivity (Wildman–Crippen MR) is 60.1 cm³/mol. The van der Waals surface area contributed by atoms with Crippen molar-refractivity contribution in [3.8, 4) is 5.75 Å². The Balaban J connectivity index is 2.10. The smallest absolute Gasteiger partial charge is 0.121 e. The fourth-order valence-corrected chi connectivity index (χ4v) is 2.53. The molecule has 0 spiro atoms. The van der Waals surface area contributed by atoms with Crippen molar-refractivity contribution in [2.75, 3.05) is 0 Å². The van der Waals surface area contributed by atoms with Gasteiger partial charge >= 0.3 is 0 Å². The van der Waals surface area contributed by atoms with Gasteiger partial charge in [-0.2, -0.15) is 0 Å². The highest BCUT2D eigenvalue weighted by atomic mass is 79.9. The van der Waals surface area contributed by atoms with Crippen molar-refractivity contribution in [2.45, 2.75) is 25.4 Å². The van der Waals surface area contributed by atoms with Crippen LogP contribution in [0.1, 0.15) is 19.3 Å². The summed E-state index contributed by atoms with van der Waals surface area (Å²) < 4.78 is 7.86. The summed E-state index contributed by atoms with van der Waals surface area (Å²) >= 11 is 6.87. The Bertz CT molecular complexity index is 288. The third-order valence-electron chi connectivity index (χ3n) is 2.19. The SMILES string of the molecule is Brc1cc(Br)cc(OC2CCC2)c1. The zero-order valence-electron chi connectivity index (χ0n) is 7.09. The molecule has 1 aromatic rings. The van der Waals surface area contributed by atoms with Gasteiger partial charge in [0.2, 0.25) is 0 Å². The topological polar surface area (TPSA) is 9.23 Å². The van der Waals surface area contributed by atoms with Gasteiger partial charge in [0.15, 0.2) is 0 Å². The normalized spacial score (nSPS) is 16.8. The number of hydrogen-bond donors (Lipinski definition) is 0. The second kappa shape index (κ2) is 4.01. The van der Waals surface area contributed by atoms with Crippen molar-refractivity contribution in [1.29, 1.82) is 0 Å². The van der Waals surface area contributed by atoms with Crippen molar-refractivity contribution >= 4 is 31.9 Å². The summed E-state index contributed by atoms with van der Waals surface area (Å²) in [4.78, 5) is 0. The van der Waals surface area contributed by atoms with Gasteiger partial charge in [0.05, 0.1) is 6.10 Å². The number of benzene rings is 1.